The maximum absolute atomic E-state index is 12.7. The first-order chi connectivity index (χ1) is 13.4. The Morgan fingerprint density at radius 3 is 2.57 bits per heavy atom. The summed E-state index contributed by atoms with van der Waals surface area (Å²) in [6.45, 7) is 3.79. The van der Waals surface area contributed by atoms with Crippen LogP contribution in [0.25, 0.3) is 10.9 Å². The molecular formula is C21H22N4O2S. The molecular weight excluding hydrogens is 372 g/mol. The van der Waals surface area contributed by atoms with Crippen molar-refractivity contribution in [1.29, 1.82) is 0 Å². The molecule has 1 N–H and O–H groups in total. The van der Waals surface area contributed by atoms with Crippen molar-refractivity contribution in [3.63, 3.8) is 0 Å². The fourth-order valence-corrected chi connectivity index (χ4v) is 3.76. The molecule has 0 aliphatic rings. The molecule has 0 aliphatic heterocycles. The molecule has 0 unspecified atom stereocenters. The van der Waals surface area contributed by atoms with E-state index in [-0.39, 0.29) is 23.6 Å². The van der Waals surface area contributed by atoms with Crippen LogP contribution in [-0.4, -0.2) is 45.5 Å². The normalized spacial score (nSPS) is 11.8. The lowest BCUT2D eigenvalue weighted by molar-refractivity contribution is -0.132. The molecule has 0 saturated heterocycles. The Labute approximate surface area is 168 Å². The van der Waals surface area contributed by atoms with Crippen molar-refractivity contribution in [3.05, 3.63) is 60.4 Å². The van der Waals surface area contributed by atoms with Gasteiger partial charge < -0.3 is 10.2 Å². The highest BCUT2D eigenvalue weighted by atomic mass is 32.2. The maximum atomic E-state index is 12.7. The summed E-state index contributed by atoms with van der Waals surface area (Å²) < 4.78 is 0. The van der Waals surface area contributed by atoms with Gasteiger partial charge in [-0.1, -0.05) is 47.7 Å². The van der Waals surface area contributed by atoms with Crippen molar-refractivity contribution in [2.45, 2.75) is 24.1 Å². The Bertz CT molecular complexity index is 986. The second-order valence-corrected chi connectivity index (χ2v) is 7.89. The second-order valence-electron chi connectivity index (χ2n) is 6.56. The summed E-state index contributed by atoms with van der Waals surface area (Å²) in [6, 6.07) is 15.2. The molecule has 1 heterocycles. The highest BCUT2D eigenvalue weighted by Crippen LogP contribution is 2.28. The predicted octanol–water partition coefficient (Wildman–Crippen LogP) is 3.52. The van der Waals surface area contributed by atoms with Crippen molar-refractivity contribution < 1.29 is 9.59 Å². The molecule has 2 amide bonds. The zero-order valence-corrected chi connectivity index (χ0v) is 16.9. The van der Waals surface area contributed by atoms with Gasteiger partial charge in [-0.3, -0.25) is 9.59 Å². The largest absolute Gasteiger partial charge is 0.335 e. The van der Waals surface area contributed by atoms with Gasteiger partial charge in [0, 0.05) is 18.1 Å². The molecule has 28 heavy (non-hydrogen) atoms. The number of anilines is 1. The van der Waals surface area contributed by atoms with Gasteiger partial charge in [0.25, 0.3) is 0 Å². The number of likely N-dealkylation sites (N-methyl/N-ethyl adjacent to an activating group) is 1. The minimum absolute atomic E-state index is 0.0118. The van der Waals surface area contributed by atoms with E-state index in [1.807, 2.05) is 62.4 Å². The molecule has 2 aromatic carbocycles. The lowest BCUT2D eigenvalue weighted by Crippen LogP contribution is -2.38. The van der Waals surface area contributed by atoms with Gasteiger partial charge in [-0.2, -0.15) is 0 Å². The quantitative estimate of drug-likeness (QED) is 0.511. The van der Waals surface area contributed by atoms with Crippen LogP contribution in [0.1, 0.15) is 12.5 Å². The van der Waals surface area contributed by atoms with Gasteiger partial charge in [0.2, 0.25) is 11.8 Å². The summed E-state index contributed by atoms with van der Waals surface area (Å²) in [7, 11) is 1.63. The third-order valence-electron chi connectivity index (χ3n) is 4.23. The number of benzene rings is 2. The molecule has 144 valence electrons. The van der Waals surface area contributed by atoms with Gasteiger partial charge >= 0.3 is 0 Å². The van der Waals surface area contributed by atoms with Gasteiger partial charge in [-0.25, -0.2) is 9.97 Å². The van der Waals surface area contributed by atoms with E-state index in [1.165, 1.54) is 23.0 Å². The van der Waals surface area contributed by atoms with E-state index in [0.717, 1.165) is 21.5 Å². The smallest absolute Gasteiger partial charge is 0.243 e. The average molecular weight is 395 g/mol. The predicted molar refractivity (Wildman–Crippen MR) is 112 cm³/mol. The number of nitrogens with zero attached hydrogens (tertiary/aromatic N) is 3. The number of fused-ring (bicyclic) bond motifs is 1. The van der Waals surface area contributed by atoms with Crippen molar-refractivity contribution >= 4 is 40.2 Å². The fraction of sp³-hybridized carbons (Fsp3) is 0.238. The van der Waals surface area contributed by atoms with Crippen molar-refractivity contribution in [2.75, 3.05) is 18.9 Å². The number of thioether (sulfide) groups is 1. The van der Waals surface area contributed by atoms with Crippen LogP contribution in [0.15, 0.2) is 59.9 Å². The summed E-state index contributed by atoms with van der Waals surface area (Å²) >= 11 is 1.37. The van der Waals surface area contributed by atoms with Crippen LogP contribution in [-0.2, 0) is 9.59 Å². The number of hydrogen-bond donors (Lipinski definition) is 1. The van der Waals surface area contributed by atoms with Crippen molar-refractivity contribution in [3.8, 4) is 0 Å². The van der Waals surface area contributed by atoms with E-state index in [2.05, 4.69) is 15.3 Å². The third-order valence-corrected chi connectivity index (χ3v) is 5.34. The van der Waals surface area contributed by atoms with Gasteiger partial charge in [0.05, 0.1) is 17.3 Å². The number of carbonyl (C=O) groups is 2. The van der Waals surface area contributed by atoms with E-state index in [1.54, 1.807) is 7.05 Å². The summed E-state index contributed by atoms with van der Waals surface area (Å²) in [6.07, 6.45) is 1.50. The Kier molecular flexibility index (Phi) is 6.26. The minimum Gasteiger partial charge on any atom is -0.335 e. The van der Waals surface area contributed by atoms with Crippen LogP contribution in [0.5, 0.6) is 0 Å². The second kappa shape index (κ2) is 8.84. The highest BCUT2D eigenvalue weighted by molar-refractivity contribution is 8.00. The van der Waals surface area contributed by atoms with Gasteiger partial charge in [-0.05, 0) is 32.0 Å². The molecule has 1 aromatic heterocycles. The Hall–Kier alpha value is -2.93. The zero-order valence-electron chi connectivity index (χ0n) is 16.0. The fourth-order valence-electron chi connectivity index (χ4n) is 2.73. The van der Waals surface area contributed by atoms with Crippen LogP contribution < -0.4 is 5.32 Å². The molecule has 0 saturated carbocycles. The summed E-state index contributed by atoms with van der Waals surface area (Å²) in [5.74, 6) is -0.365. The SMILES string of the molecule is Cc1ccc(NC(=O)CN(C)C(=O)[C@@H](C)Sc2ncnc3ccccc23)cc1. The lowest BCUT2D eigenvalue weighted by atomic mass is 10.2. The molecule has 0 aliphatic carbocycles. The molecule has 0 radical (unpaired) electrons. The number of rotatable bonds is 6. The van der Waals surface area contributed by atoms with Crippen molar-refractivity contribution in [1.82, 2.24) is 14.9 Å². The van der Waals surface area contributed by atoms with Crippen LogP contribution in [0.4, 0.5) is 5.69 Å². The van der Waals surface area contributed by atoms with Crippen LogP contribution in [0, 0.1) is 6.92 Å². The molecule has 3 aromatic rings. The van der Waals surface area contributed by atoms with Gasteiger partial charge in [-0.15, -0.1) is 0 Å². The highest BCUT2D eigenvalue weighted by Gasteiger charge is 2.22. The summed E-state index contributed by atoms with van der Waals surface area (Å²) in [5, 5.41) is 4.09. The number of carbonyl (C=O) groups excluding carboxylic acids is 2. The van der Waals surface area contributed by atoms with E-state index >= 15 is 0 Å². The van der Waals surface area contributed by atoms with Crippen molar-refractivity contribution in [2.24, 2.45) is 0 Å². The van der Waals surface area contributed by atoms with E-state index < -0.39 is 0 Å². The number of amides is 2. The molecule has 1 atom stereocenters. The Balaban J connectivity index is 1.60. The van der Waals surface area contributed by atoms with E-state index in [9.17, 15) is 9.59 Å². The van der Waals surface area contributed by atoms with Gasteiger partial charge in [0.1, 0.15) is 11.4 Å². The van der Waals surface area contributed by atoms with Crippen LogP contribution in [0.3, 0.4) is 0 Å². The lowest BCUT2D eigenvalue weighted by Gasteiger charge is -2.20. The first-order valence-electron chi connectivity index (χ1n) is 8.92. The molecule has 0 spiro atoms. The van der Waals surface area contributed by atoms with Crippen LogP contribution in [0.2, 0.25) is 0 Å². The molecule has 6 nitrogen and oxygen atoms in total. The Morgan fingerprint density at radius 1 is 1.11 bits per heavy atom. The topological polar surface area (TPSA) is 75.2 Å². The van der Waals surface area contributed by atoms with E-state index in [0.29, 0.717) is 5.69 Å². The zero-order chi connectivity index (χ0) is 20.1. The van der Waals surface area contributed by atoms with Gasteiger partial charge in [0.15, 0.2) is 0 Å². The number of aromatic nitrogens is 2. The number of nitrogens with one attached hydrogen (secondary N) is 1. The molecule has 7 heteroatoms. The standard InChI is InChI=1S/C21H22N4O2S/c1-14-8-10-16(11-9-14)24-19(26)12-25(3)21(27)15(2)28-20-17-6-4-5-7-18(17)22-13-23-20/h4-11,13,15H,12H2,1-3H3,(H,24,26)/t15-/m1/s1. The first-order valence-corrected chi connectivity index (χ1v) is 9.80. The monoisotopic (exact) mass is 394 g/mol. The molecule has 0 bridgehead atoms. The number of para-hydroxylation sites is 1. The summed E-state index contributed by atoms with van der Waals surface area (Å²) in [5.41, 5.74) is 2.67. The third kappa shape index (κ3) is 4.86. The number of hydrogen-bond acceptors (Lipinski definition) is 5. The van der Waals surface area contributed by atoms with E-state index in [4.69, 9.17) is 0 Å². The maximum Gasteiger partial charge on any atom is 0.243 e. The summed E-state index contributed by atoms with van der Waals surface area (Å²) in [4.78, 5) is 34.9. The minimum atomic E-state index is -0.379. The Morgan fingerprint density at radius 2 is 1.82 bits per heavy atom. The average Bonchev–Trinajstić information content (AvgIpc) is 2.69. The van der Waals surface area contributed by atoms with Crippen LogP contribution >= 0.6 is 11.8 Å². The first kappa shape index (κ1) is 19.8. The molecule has 0 fully saturated rings. The molecule has 3 rings (SSSR count). The number of aryl methyl sites for hydroxylation is 1.